The van der Waals surface area contributed by atoms with Crippen molar-refractivity contribution >= 4 is 16.5 Å². The summed E-state index contributed by atoms with van der Waals surface area (Å²) in [6.07, 6.45) is 2.05. The molecule has 0 bridgehead atoms. The third kappa shape index (κ3) is 3.43. The fourth-order valence-electron chi connectivity index (χ4n) is 2.39. The van der Waals surface area contributed by atoms with Crippen LogP contribution in [0, 0.1) is 0 Å². The zero-order chi connectivity index (χ0) is 13.0. The average molecular weight is 268 g/mol. The first-order valence-corrected chi connectivity index (χ1v) is 7.70. The molecule has 0 aromatic carbocycles. The predicted molar refractivity (Wildman–Crippen MR) is 78.4 cm³/mol. The summed E-state index contributed by atoms with van der Waals surface area (Å²) in [6, 6.07) is 0.605. The van der Waals surface area contributed by atoms with Crippen LogP contribution in [-0.2, 0) is 6.54 Å². The highest BCUT2D eigenvalue weighted by Crippen LogP contribution is 2.23. The Kier molecular flexibility index (Phi) is 4.97. The van der Waals surface area contributed by atoms with Crippen molar-refractivity contribution in [1.82, 2.24) is 15.2 Å². The third-order valence-corrected chi connectivity index (χ3v) is 4.45. The molecule has 4 nitrogen and oxygen atoms in total. The second-order valence-electron chi connectivity index (χ2n) is 4.87. The Morgan fingerprint density at radius 2 is 2.28 bits per heavy atom. The van der Waals surface area contributed by atoms with Gasteiger partial charge in [-0.1, -0.05) is 0 Å². The van der Waals surface area contributed by atoms with E-state index in [9.17, 15) is 0 Å². The van der Waals surface area contributed by atoms with E-state index in [4.69, 9.17) is 0 Å². The molecule has 1 aromatic rings. The number of piperazine rings is 1. The Morgan fingerprint density at radius 3 is 2.94 bits per heavy atom. The predicted octanol–water partition coefficient (Wildman–Crippen LogP) is 1.78. The molecule has 1 fully saturated rings. The molecule has 2 rings (SSSR count). The van der Waals surface area contributed by atoms with Gasteiger partial charge in [0, 0.05) is 56.4 Å². The van der Waals surface area contributed by atoms with E-state index in [1.54, 1.807) is 0 Å². The largest absolute Gasteiger partial charge is 0.349 e. The van der Waals surface area contributed by atoms with Crippen molar-refractivity contribution in [3.63, 3.8) is 0 Å². The summed E-state index contributed by atoms with van der Waals surface area (Å²) in [5, 5.41) is 4.64. The van der Waals surface area contributed by atoms with Crippen molar-refractivity contribution in [2.24, 2.45) is 0 Å². The molecule has 1 N–H and O–H groups in total. The Labute approximate surface area is 114 Å². The summed E-state index contributed by atoms with van der Waals surface area (Å²) in [5.74, 6) is 0. The van der Waals surface area contributed by atoms with Crippen LogP contribution in [-0.4, -0.2) is 48.6 Å². The number of rotatable bonds is 5. The van der Waals surface area contributed by atoms with Crippen LogP contribution in [0.1, 0.15) is 25.6 Å². The van der Waals surface area contributed by atoms with E-state index >= 15 is 0 Å². The molecular weight excluding hydrogens is 244 g/mol. The lowest BCUT2D eigenvalue weighted by Gasteiger charge is -2.31. The van der Waals surface area contributed by atoms with Gasteiger partial charge in [0.2, 0.25) is 0 Å². The van der Waals surface area contributed by atoms with Gasteiger partial charge in [-0.05, 0) is 20.8 Å². The van der Waals surface area contributed by atoms with E-state index in [-0.39, 0.29) is 0 Å². The number of anilines is 1. The van der Waals surface area contributed by atoms with Gasteiger partial charge < -0.3 is 10.2 Å². The van der Waals surface area contributed by atoms with Crippen LogP contribution >= 0.6 is 11.3 Å². The zero-order valence-electron chi connectivity index (χ0n) is 11.6. The van der Waals surface area contributed by atoms with Crippen molar-refractivity contribution in [2.75, 3.05) is 37.6 Å². The maximum Gasteiger partial charge on any atom is 0.185 e. The van der Waals surface area contributed by atoms with E-state index < -0.39 is 0 Å². The average Bonchev–Trinajstić information content (AvgIpc) is 2.79. The summed E-state index contributed by atoms with van der Waals surface area (Å²) in [5.41, 5.74) is 0. The molecule has 5 heteroatoms. The lowest BCUT2D eigenvalue weighted by atomic mass is 10.2. The van der Waals surface area contributed by atoms with Crippen LogP contribution in [0.25, 0.3) is 0 Å². The van der Waals surface area contributed by atoms with Gasteiger partial charge in [-0.2, -0.15) is 0 Å². The molecular formula is C13H24N4S. The molecule has 0 unspecified atom stereocenters. The van der Waals surface area contributed by atoms with E-state index in [1.807, 2.05) is 17.5 Å². The standard InChI is InChI=1S/C13H24N4S/c1-4-17(5-2)13-15-8-12(18-13)10-16-7-6-14-11(3)9-16/h8,11,14H,4-7,9-10H2,1-3H3/t11-/m1/s1. The number of aromatic nitrogens is 1. The molecule has 1 aromatic heterocycles. The topological polar surface area (TPSA) is 31.4 Å². The molecule has 0 spiro atoms. The quantitative estimate of drug-likeness (QED) is 0.882. The molecule has 1 saturated heterocycles. The highest BCUT2D eigenvalue weighted by atomic mass is 32.1. The number of nitrogens with one attached hydrogen (secondary N) is 1. The molecule has 0 aliphatic carbocycles. The first-order chi connectivity index (χ1) is 8.72. The van der Waals surface area contributed by atoms with Gasteiger partial charge in [0.25, 0.3) is 0 Å². The van der Waals surface area contributed by atoms with Crippen LogP contribution in [0.2, 0.25) is 0 Å². The molecule has 0 amide bonds. The van der Waals surface area contributed by atoms with Crippen LogP contribution < -0.4 is 10.2 Å². The summed E-state index contributed by atoms with van der Waals surface area (Å²) >= 11 is 1.84. The SMILES string of the molecule is CCN(CC)c1ncc(CN2CCN[C@H](C)C2)s1. The molecule has 1 atom stereocenters. The summed E-state index contributed by atoms with van der Waals surface area (Å²) in [7, 11) is 0. The van der Waals surface area contributed by atoms with E-state index in [2.05, 4.69) is 40.9 Å². The van der Waals surface area contributed by atoms with Gasteiger partial charge in [-0.25, -0.2) is 4.98 Å². The van der Waals surface area contributed by atoms with Gasteiger partial charge in [0.1, 0.15) is 0 Å². The molecule has 1 aliphatic rings. The second-order valence-corrected chi connectivity index (χ2v) is 5.97. The van der Waals surface area contributed by atoms with Crippen molar-refractivity contribution in [2.45, 2.75) is 33.4 Å². The molecule has 18 heavy (non-hydrogen) atoms. The zero-order valence-corrected chi connectivity index (χ0v) is 12.5. The number of hydrogen-bond donors (Lipinski definition) is 1. The normalized spacial score (nSPS) is 21.2. The van der Waals surface area contributed by atoms with Crippen LogP contribution in [0.5, 0.6) is 0 Å². The maximum absolute atomic E-state index is 4.54. The fraction of sp³-hybridized carbons (Fsp3) is 0.769. The van der Waals surface area contributed by atoms with E-state index in [1.165, 1.54) is 4.88 Å². The third-order valence-electron chi connectivity index (χ3n) is 3.41. The minimum Gasteiger partial charge on any atom is -0.349 e. The Bertz CT molecular complexity index is 362. The summed E-state index contributed by atoms with van der Waals surface area (Å²) in [4.78, 5) is 10.8. The first kappa shape index (κ1) is 13.8. The monoisotopic (exact) mass is 268 g/mol. The fourth-order valence-corrected chi connectivity index (χ4v) is 3.47. The smallest absolute Gasteiger partial charge is 0.185 e. The lowest BCUT2D eigenvalue weighted by molar-refractivity contribution is 0.201. The minimum atomic E-state index is 0.605. The Balaban J connectivity index is 1.93. The number of hydrogen-bond acceptors (Lipinski definition) is 5. The van der Waals surface area contributed by atoms with Gasteiger partial charge >= 0.3 is 0 Å². The van der Waals surface area contributed by atoms with Crippen LogP contribution in [0.3, 0.4) is 0 Å². The van der Waals surface area contributed by atoms with Crippen LogP contribution in [0.15, 0.2) is 6.20 Å². The highest BCUT2D eigenvalue weighted by molar-refractivity contribution is 7.15. The van der Waals surface area contributed by atoms with Crippen molar-refractivity contribution in [3.8, 4) is 0 Å². The summed E-state index contributed by atoms with van der Waals surface area (Å²) < 4.78 is 0. The van der Waals surface area contributed by atoms with Gasteiger partial charge in [-0.3, -0.25) is 4.90 Å². The molecule has 102 valence electrons. The summed E-state index contributed by atoms with van der Waals surface area (Å²) in [6.45, 7) is 13.1. The number of nitrogens with zero attached hydrogens (tertiary/aromatic N) is 3. The van der Waals surface area contributed by atoms with Crippen molar-refractivity contribution in [1.29, 1.82) is 0 Å². The lowest BCUT2D eigenvalue weighted by Crippen LogP contribution is -2.48. The molecule has 1 aliphatic heterocycles. The second kappa shape index (κ2) is 6.50. The highest BCUT2D eigenvalue weighted by Gasteiger charge is 2.17. The van der Waals surface area contributed by atoms with Crippen molar-refractivity contribution in [3.05, 3.63) is 11.1 Å². The molecule has 2 heterocycles. The Morgan fingerprint density at radius 1 is 1.50 bits per heavy atom. The van der Waals surface area contributed by atoms with Crippen LogP contribution in [0.4, 0.5) is 5.13 Å². The minimum absolute atomic E-state index is 0.605. The van der Waals surface area contributed by atoms with Gasteiger partial charge in [0.15, 0.2) is 5.13 Å². The van der Waals surface area contributed by atoms with E-state index in [0.29, 0.717) is 6.04 Å². The van der Waals surface area contributed by atoms with Gasteiger partial charge in [0.05, 0.1) is 0 Å². The van der Waals surface area contributed by atoms with Crippen molar-refractivity contribution < 1.29 is 0 Å². The van der Waals surface area contributed by atoms with Gasteiger partial charge in [-0.15, -0.1) is 11.3 Å². The Hall–Kier alpha value is -0.650. The molecule has 0 radical (unpaired) electrons. The van der Waals surface area contributed by atoms with E-state index in [0.717, 1.165) is 44.4 Å². The first-order valence-electron chi connectivity index (χ1n) is 6.88. The maximum atomic E-state index is 4.54. The number of thiazole rings is 1. The molecule has 0 saturated carbocycles.